The lowest BCUT2D eigenvalue weighted by Gasteiger charge is -2.37. The molecular weight excluding hydrogens is 530 g/mol. The van der Waals surface area contributed by atoms with Gasteiger partial charge in [-0.2, -0.15) is 0 Å². The van der Waals surface area contributed by atoms with Crippen LogP contribution in [-0.2, 0) is 4.79 Å². The second kappa shape index (κ2) is 13.1. The molecule has 40 heavy (non-hydrogen) atoms. The third kappa shape index (κ3) is 6.92. The molecule has 1 atom stereocenters. The van der Waals surface area contributed by atoms with Crippen molar-refractivity contribution in [2.45, 2.75) is 31.3 Å². The highest BCUT2D eigenvalue weighted by Crippen LogP contribution is 2.40. The molecule has 10 heteroatoms. The second-order valence-electron chi connectivity index (χ2n) is 9.84. The van der Waals surface area contributed by atoms with Crippen molar-refractivity contribution in [2.75, 3.05) is 33.4 Å². The number of benzene rings is 3. The van der Waals surface area contributed by atoms with Crippen LogP contribution in [0.3, 0.4) is 0 Å². The standard InChI is InChI=1S/C30H31F4NO5/c1-39-27-15-19(29(36)30(37)38)3-8-26(27)40-14-2-11-35-12-9-18(10-13-35)28(22-6-4-20(31)16-24(22)33)23-7-5-21(32)17-25(23)34/h3-8,15-18,28-29,36H,2,9-14H2,1H3,(H,37,38). The molecule has 0 spiro atoms. The van der Waals surface area contributed by atoms with E-state index in [4.69, 9.17) is 14.6 Å². The molecule has 0 aromatic heterocycles. The number of ether oxygens (including phenoxy) is 2. The van der Waals surface area contributed by atoms with E-state index >= 15 is 0 Å². The van der Waals surface area contributed by atoms with Crippen molar-refractivity contribution in [2.24, 2.45) is 5.92 Å². The Hall–Kier alpha value is -3.63. The molecule has 0 aliphatic carbocycles. The number of hydrogen-bond donors (Lipinski definition) is 2. The molecule has 1 saturated heterocycles. The van der Waals surface area contributed by atoms with Crippen LogP contribution in [0.2, 0.25) is 0 Å². The lowest BCUT2D eigenvalue weighted by molar-refractivity contribution is -0.146. The second-order valence-corrected chi connectivity index (χ2v) is 9.84. The number of aliphatic carboxylic acids is 1. The molecule has 1 fully saturated rings. The first kappa shape index (κ1) is 29.4. The SMILES string of the molecule is COc1cc(C(O)C(=O)O)ccc1OCCCN1CCC(C(c2ccc(F)cc2F)c2ccc(F)cc2F)CC1. The van der Waals surface area contributed by atoms with Crippen LogP contribution >= 0.6 is 0 Å². The summed E-state index contributed by atoms with van der Waals surface area (Å²) in [5, 5.41) is 18.7. The number of rotatable bonds is 11. The lowest BCUT2D eigenvalue weighted by Crippen LogP contribution is -2.37. The Balaban J connectivity index is 1.35. The molecule has 214 valence electrons. The molecule has 1 aliphatic rings. The Morgan fingerprint density at radius 2 is 1.52 bits per heavy atom. The van der Waals surface area contributed by atoms with Gasteiger partial charge in [0, 0.05) is 24.6 Å². The minimum atomic E-state index is -1.66. The fourth-order valence-corrected chi connectivity index (χ4v) is 5.28. The minimum Gasteiger partial charge on any atom is -0.493 e. The van der Waals surface area contributed by atoms with Crippen molar-refractivity contribution in [3.8, 4) is 11.5 Å². The van der Waals surface area contributed by atoms with Gasteiger partial charge in [0.05, 0.1) is 13.7 Å². The van der Waals surface area contributed by atoms with E-state index in [0.717, 1.165) is 24.3 Å². The number of halogens is 4. The summed E-state index contributed by atoms with van der Waals surface area (Å²) in [6.45, 7) is 2.43. The van der Waals surface area contributed by atoms with Crippen LogP contribution in [-0.4, -0.2) is 54.4 Å². The Bertz CT molecular complexity index is 1280. The summed E-state index contributed by atoms with van der Waals surface area (Å²) >= 11 is 0. The Kier molecular flexibility index (Phi) is 9.65. The zero-order valence-corrected chi connectivity index (χ0v) is 22.0. The molecule has 3 aromatic carbocycles. The van der Waals surface area contributed by atoms with Crippen molar-refractivity contribution in [1.82, 2.24) is 4.90 Å². The molecule has 3 aromatic rings. The maximum absolute atomic E-state index is 14.8. The summed E-state index contributed by atoms with van der Waals surface area (Å²) in [6.07, 6.45) is 0.293. The monoisotopic (exact) mass is 561 g/mol. The molecule has 4 rings (SSSR count). The first-order valence-electron chi connectivity index (χ1n) is 13.0. The molecule has 1 heterocycles. The van der Waals surface area contributed by atoms with E-state index in [1.807, 2.05) is 0 Å². The third-order valence-corrected chi connectivity index (χ3v) is 7.31. The van der Waals surface area contributed by atoms with Gasteiger partial charge >= 0.3 is 5.97 Å². The largest absolute Gasteiger partial charge is 0.493 e. The summed E-state index contributed by atoms with van der Waals surface area (Å²) in [5.41, 5.74) is 0.558. The topological polar surface area (TPSA) is 79.2 Å². The van der Waals surface area contributed by atoms with Crippen LogP contribution in [0.15, 0.2) is 54.6 Å². The van der Waals surface area contributed by atoms with Gasteiger partial charge in [0.15, 0.2) is 17.6 Å². The van der Waals surface area contributed by atoms with Crippen molar-refractivity contribution in [3.63, 3.8) is 0 Å². The fourth-order valence-electron chi connectivity index (χ4n) is 5.28. The number of piperidine rings is 1. The Labute approximate surface area is 229 Å². The van der Waals surface area contributed by atoms with Crippen molar-refractivity contribution in [1.29, 1.82) is 0 Å². The number of carboxylic acids is 1. The van der Waals surface area contributed by atoms with Gasteiger partial charge in [-0.15, -0.1) is 0 Å². The average Bonchev–Trinajstić information content (AvgIpc) is 2.93. The van der Waals surface area contributed by atoms with Gasteiger partial charge < -0.3 is 24.6 Å². The summed E-state index contributed by atoms with van der Waals surface area (Å²) in [7, 11) is 1.42. The first-order chi connectivity index (χ1) is 19.2. The van der Waals surface area contributed by atoms with Crippen LogP contribution in [0.25, 0.3) is 0 Å². The maximum Gasteiger partial charge on any atom is 0.337 e. The molecule has 0 amide bonds. The van der Waals surface area contributed by atoms with E-state index in [2.05, 4.69) is 4.90 Å². The Morgan fingerprint density at radius 1 is 0.925 bits per heavy atom. The number of carboxylic acid groups (broad SMARTS) is 1. The summed E-state index contributed by atoms with van der Waals surface area (Å²) in [4.78, 5) is 13.2. The lowest BCUT2D eigenvalue weighted by atomic mass is 9.75. The number of carbonyl (C=O) groups is 1. The predicted octanol–water partition coefficient (Wildman–Crippen LogP) is 5.68. The van der Waals surface area contributed by atoms with Gasteiger partial charge in [0.1, 0.15) is 23.3 Å². The maximum atomic E-state index is 14.8. The minimum absolute atomic E-state index is 0.128. The molecule has 0 bridgehead atoms. The highest BCUT2D eigenvalue weighted by atomic mass is 19.1. The van der Waals surface area contributed by atoms with Crippen LogP contribution in [0.4, 0.5) is 17.6 Å². The molecule has 0 radical (unpaired) electrons. The first-order valence-corrected chi connectivity index (χ1v) is 13.0. The predicted molar refractivity (Wildman–Crippen MR) is 139 cm³/mol. The number of aliphatic hydroxyl groups excluding tert-OH is 1. The van der Waals surface area contributed by atoms with E-state index in [-0.39, 0.29) is 22.6 Å². The number of nitrogens with zero attached hydrogens (tertiary/aromatic N) is 1. The van der Waals surface area contributed by atoms with Crippen LogP contribution in [0.5, 0.6) is 11.5 Å². The van der Waals surface area contributed by atoms with E-state index in [1.165, 1.54) is 31.4 Å². The highest BCUT2D eigenvalue weighted by Gasteiger charge is 2.32. The molecule has 0 saturated carbocycles. The number of likely N-dealkylation sites (tertiary alicyclic amines) is 1. The van der Waals surface area contributed by atoms with E-state index in [1.54, 1.807) is 6.07 Å². The molecule has 6 nitrogen and oxygen atoms in total. The molecule has 2 N–H and O–H groups in total. The fraction of sp³-hybridized carbons (Fsp3) is 0.367. The molecule has 1 aliphatic heterocycles. The normalized spacial score (nSPS) is 15.3. The zero-order chi connectivity index (χ0) is 28.8. The highest BCUT2D eigenvalue weighted by molar-refractivity contribution is 5.74. The van der Waals surface area contributed by atoms with E-state index < -0.39 is 41.3 Å². The summed E-state index contributed by atoms with van der Waals surface area (Å²) in [5.74, 6) is -4.39. The van der Waals surface area contributed by atoms with Gasteiger partial charge in [-0.1, -0.05) is 18.2 Å². The number of aliphatic hydroxyl groups is 1. The van der Waals surface area contributed by atoms with Crippen molar-refractivity contribution >= 4 is 5.97 Å². The smallest absolute Gasteiger partial charge is 0.337 e. The molecular formula is C30H31F4NO5. The summed E-state index contributed by atoms with van der Waals surface area (Å²) in [6, 6.07) is 11.0. The van der Waals surface area contributed by atoms with Gasteiger partial charge in [-0.3, -0.25) is 0 Å². The van der Waals surface area contributed by atoms with Gasteiger partial charge in [0.25, 0.3) is 0 Å². The summed E-state index contributed by atoms with van der Waals surface area (Å²) < 4.78 is 67.9. The van der Waals surface area contributed by atoms with Crippen LogP contribution in [0, 0.1) is 29.2 Å². The van der Waals surface area contributed by atoms with E-state index in [9.17, 15) is 27.5 Å². The van der Waals surface area contributed by atoms with E-state index in [0.29, 0.717) is 57.0 Å². The average molecular weight is 562 g/mol. The van der Waals surface area contributed by atoms with Gasteiger partial charge in [0.2, 0.25) is 0 Å². The quantitative estimate of drug-likeness (QED) is 0.232. The zero-order valence-electron chi connectivity index (χ0n) is 22.0. The van der Waals surface area contributed by atoms with Crippen molar-refractivity contribution in [3.05, 3.63) is 94.6 Å². The van der Waals surface area contributed by atoms with Crippen LogP contribution in [0.1, 0.15) is 48.0 Å². The Morgan fingerprint density at radius 3 is 2.05 bits per heavy atom. The number of hydrogen-bond acceptors (Lipinski definition) is 5. The molecule has 1 unspecified atom stereocenters. The van der Waals surface area contributed by atoms with Gasteiger partial charge in [-0.05, 0) is 79.2 Å². The van der Waals surface area contributed by atoms with Crippen molar-refractivity contribution < 1.29 is 42.0 Å². The number of methoxy groups -OCH3 is 1. The third-order valence-electron chi connectivity index (χ3n) is 7.31. The van der Waals surface area contributed by atoms with Crippen LogP contribution < -0.4 is 9.47 Å². The van der Waals surface area contributed by atoms with Gasteiger partial charge in [-0.25, -0.2) is 22.4 Å².